The van der Waals surface area contributed by atoms with Crippen LogP contribution in [0.1, 0.15) is 10.4 Å². The highest BCUT2D eigenvalue weighted by molar-refractivity contribution is 7.17. The van der Waals surface area contributed by atoms with E-state index in [1.54, 1.807) is 26.4 Å². The van der Waals surface area contributed by atoms with Crippen molar-refractivity contribution in [2.45, 2.75) is 13.1 Å². The SMILES string of the molecule is O=c1c2sccc2n2c(=O)n(Cc3ccccc3)nc2n1Cc1cccs1. The predicted octanol–water partition coefficient (Wildman–Crippen LogP) is 3.03. The van der Waals surface area contributed by atoms with Crippen LogP contribution in [0.15, 0.2) is 68.9 Å². The lowest BCUT2D eigenvalue weighted by molar-refractivity contribution is 0.655. The van der Waals surface area contributed by atoms with E-state index >= 15 is 0 Å². The molecule has 1 aromatic carbocycles. The van der Waals surface area contributed by atoms with Gasteiger partial charge in [0.15, 0.2) is 0 Å². The highest BCUT2D eigenvalue weighted by atomic mass is 32.1. The molecule has 0 radical (unpaired) electrons. The number of hydrogen-bond acceptors (Lipinski definition) is 5. The second-order valence-electron chi connectivity index (χ2n) is 6.17. The zero-order chi connectivity index (χ0) is 18.4. The van der Waals surface area contributed by atoms with Gasteiger partial charge in [0.25, 0.3) is 5.56 Å². The highest BCUT2D eigenvalue weighted by Gasteiger charge is 2.18. The van der Waals surface area contributed by atoms with Crippen LogP contribution in [-0.4, -0.2) is 18.7 Å². The van der Waals surface area contributed by atoms with Crippen LogP contribution < -0.4 is 11.2 Å². The van der Waals surface area contributed by atoms with Crippen molar-refractivity contribution in [3.8, 4) is 0 Å². The molecule has 0 bridgehead atoms. The van der Waals surface area contributed by atoms with Crippen LogP contribution in [-0.2, 0) is 13.1 Å². The van der Waals surface area contributed by atoms with Crippen molar-refractivity contribution < 1.29 is 0 Å². The summed E-state index contributed by atoms with van der Waals surface area (Å²) in [5, 5.41) is 8.33. The summed E-state index contributed by atoms with van der Waals surface area (Å²) in [4.78, 5) is 27.1. The van der Waals surface area contributed by atoms with Gasteiger partial charge < -0.3 is 0 Å². The standard InChI is InChI=1S/C19H14N4O2S2/c24-17-16-15(8-10-27-16)23-18(21(17)12-14-7-4-9-26-14)20-22(19(23)25)11-13-5-2-1-3-6-13/h1-10H,11-12H2. The Balaban J connectivity index is 1.77. The smallest absolute Gasteiger partial charge is 0.270 e. The first kappa shape index (κ1) is 16.2. The molecule has 0 atom stereocenters. The molecule has 0 N–H and O–H groups in total. The average molecular weight is 394 g/mol. The highest BCUT2D eigenvalue weighted by Crippen LogP contribution is 2.19. The zero-order valence-electron chi connectivity index (χ0n) is 14.1. The third-order valence-electron chi connectivity index (χ3n) is 4.46. The van der Waals surface area contributed by atoms with Gasteiger partial charge in [-0.15, -0.1) is 27.8 Å². The molecular weight excluding hydrogens is 380 g/mol. The first-order valence-corrected chi connectivity index (χ1v) is 10.1. The first-order valence-electron chi connectivity index (χ1n) is 8.38. The zero-order valence-corrected chi connectivity index (χ0v) is 15.7. The van der Waals surface area contributed by atoms with Crippen LogP contribution in [0, 0.1) is 0 Å². The molecule has 8 heteroatoms. The molecule has 0 spiro atoms. The molecule has 134 valence electrons. The molecule has 27 heavy (non-hydrogen) atoms. The predicted molar refractivity (Wildman–Crippen MR) is 108 cm³/mol. The molecule has 0 unspecified atom stereocenters. The summed E-state index contributed by atoms with van der Waals surface area (Å²) in [6.07, 6.45) is 0. The average Bonchev–Trinajstić information content (AvgIpc) is 3.41. The minimum atomic E-state index is -0.239. The second kappa shape index (κ2) is 6.33. The molecular formula is C19H14N4O2S2. The molecule has 6 nitrogen and oxygen atoms in total. The van der Waals surface area contributed by atoms with Crippen LogP contribution in [0.4, 0.5) is 0 Å². The number of fused-ring (bicyclic) bond motifs is 3. The van der Waals surface area contributed by atoms with Crippen molar-refractivity contribution in [1.29, 1.82) is 0 Å². The molecule has 5 rings (SSSR count). The Bertz CT molecular complexity index is 1360. The summed E-state index contributed by atoms with van der Waals surface area (Å²) < 4.78 is 5.13. The Morgan fingerprint density at radius 1 is 0.889 bits per heavy atom. The number of thiophene rings is 2. The third kappa shape index (κ3) is 2.65. The fourth-order valence-corrected chi connectivity index (χ4v) is 4.71. The van der Waals surface area contributed by atoms with Gasteiger partial charge >= 0.3 is 5.69 Å². The van der Waals surface area contributed by atoms with E-state index in [-0.39, 0.29) is 11.2 Å². The normalized spacial score (nSPS) is 11.6. The van der Waals surface area contributed by atoms with Crippen molar-refractivity contribution in [2.75, 3.05) is 0 Å². The van der Waals surface area contributed by atoms with Crippen molar-refractivity contribution >= 4 is 38.7 Å². The molecule has 0 aliphatic rings. The molecule has 0 saturated heterocycles. The lowest BCUT2D eigenvalue weighted by Gasteiger charge is -2.06. The lowest BCUT2D eigenvalue weighted by Crippen LogP contribution is -2.26. The topological polar surface area (TPSA) is 61.3 Å². The number of benzene rings is 1. The van der Waals surface area contributed by atoms with E-state index in [2.05, 4.69) is 5.10 Å². The van der Waals surface area contributed by atoms with Gasteiger partial charge in [0, 0.05) is 4.88 Å². The second-order valence-corrected chi connectivity index (χ2v) is 8.12. The van der Waals surface area contributed by atoms with E-state index in [1.807, 2.05) is 53.2 Å². The van der Waals surface area contributed by atoms with Gasteiger partial charge in [0.1, 0.15) is 4.70 Å². The fourth-order valence-electron chi connectivity index (χ4n) is 3.19. The molecule has 0 aliphatic heterocycles. The molecule has 0 aliphatic carbocycles. The Morgan fingerprint density at radius 3 is 2.52 bits per heavy atom. The van der Waals surface area contributed by atoms with Gasteiger partial charge in [-0.25, -0.2) is 13.9 Å². The number of aromatic nitrogens is 4. The van der Waals surface area contributed by atoms with E-state index in [9.17, 15) is 9.59 Å². The maximum atomic E-state index is 13.1. The molecule has 0 fully saturated rings. The molecule has 5 aromatic rings. The maximum absolute atomic E-state index is 13.1. The van der Waals surface area contributed by atoms with E-state index in [0.717, 1.165) is 10.4 Å². The molecule has 0 saturated carbocycles. The van der Waals surface area contributed by atoms with Gasteiger partial charge in [-0.2, -0.15) is 0 Å². The maximum Gasteiger partial charge on any atom is 0.352 e. The molecule has 4 heterocycles. The first-order chi connectivity index (χ1) is 13.2. The van der Waals surface area contributed by atoms with Crippen molar-refractivity contribution in [3.63, 3.8) is 0 Å². The number of nitrogens with zero attached hydrogens (tertiary/aromatic N) is 4. The van der Waals surface area contributed by atoms with Gasteiger partial charge in [0.05, 0.1) is 18.6 Å². The van der Waals surface area contributed by atoms with Crippen LogP contribution in [0.25, 0.3) is 16.0 Å². The summed E-state index contributed by atoms with van der Waals surface area (Å²) in [5.41, 5.74) is 1.25. The Kier molecular flexibility index (Phi) is 3.80. The van der Waals surface area contributed by atoms with Crippen molar-refractivity contribution in [2.24, 2.45) is 0 Å². The summed E-state index contributed by atoms with van der Waals surface area (Å²) in [6.45, 7) is 0.760. The van der Waals surface area contributed by atoms with E-state index in [0.29, 0.717) is 29.1 Å². The van der Waals surface area contributed by atoms with Gasteiger partial charge in [-0.3, -0.25) is 9.36 Å². The van der Waals surface area contributed by atoms with Gasteiger partial charge in [-0.05, 0) is 28.5 Å². The van der Waals surface area contributed by atoms with E-state index < -0.39 is 0 Å². The lowest BCUT2D eigenvalue weighted by atomic mass is 10.2. The van der Waals surface area contributed by atoms with E-state index in [4.69, 9.17) is 0 Å². The van der Waals surface area contributed by atoms with Crippen LogP contribution in [0.2, 0.25) is 0 Å². The quantitative estimate of drug-likeness (QED) is 0.471. The van der Waals surface area contributed by atoms with Gasteiger partial charge in [0.2, 0.25) is 5.78 Å². The van der Waals surface area contributed by atoms with Crippen molar-refractivity contribution in [1.82, 2.24) is 18.7 Å². The number of hydrogen-bond donors (Lipinski definition) is 0. The minimum Gasteiger partial charge on any atom is -0.270 e. The van der Waals surface area contributed by atoms with Gasteiger partial charge in [-0.1, -0.05) is 36.4 Å². The minimum absolute atomic E-state index is 0.113. The summed E-state index contributed by atoms with van der Waals surface area (Å²) in [5.74, 6) is 0.375. The fraction of sp³-hybridized carbons (Fsp3) is 0.105. The third-order valence-corrected chi connectivity index (χ3v) is 6.21. The summed E-state index contributed by atoms with van der Waals surface area (Å²) >= 11 is 2.93. The van der Waals surface area contributed by atoms with Crippen LogP contribution in [0.5, 0.6) is 0 Å². The van der Waals surface area contributed by atoms with Crippen LogP contribution in [0.3, 0.4) is 0 Å². The monoisotopic (exact) mass is 394 g/mol. The summed E-state index contributed by atoms with van der Waals surface area (Å²) in [6, 6.07) is 15.4. The number of rotatable bonds is 4. The molecule has 4 aromatic heterocycles. The molecule has 0 amide bonds. The largest absolute Gasteiger partial charge is 0.352 e. The Hall–Kier alpha value is -2.97. The Labute approximate surface area is 161 Å². The Morgan fingerprint density at radius 2 is 1.74 bits per heavy atom. The van der Waals surface area contributed by atoms with Crippen molar-refractivity contribution in [3.05, 3.63) is 90.6 Å². The van der Waals surface area contributed by atoms with Crippen LogP contribution >= 0.6 is 22.7 Å². The van der Waals surface area contributed by atoms with E-state index in [1.165, 1.54) is 16.0 Å². The summed E-state index contributed by atoms with van der Waals surface area (Å²) in [7, 11) is 0.